The van der Waals surface area contributed by atoms with Crippen molar-refractivity contribution in [3.63, 3.8) is 0 Å². The molecule has 2 rings (SSSR count). The zero-order valence-electron chi connectivity index (χ0n) is 15.2. The summed E-state index contributed by atoms with van der Waals surface area (Å²) >= 11 is 0. The highest BCUT2D eigenvalue weighted by Crippen LogP contribution is 2.17. The molecule has 0 radical (unpaired) electrons. The van der Waals surface area contributed by atoms with Gasteiger partial charge in [-0.05, 0) is 24.5 Å². The maximum atomic E-state index is 14.3. The molecule has 1 atom stereocenters. The maximum Gasteiger partial charge on any atom is 0.256 e. The third-order valence-corrected chi connectivity index (χ3v) is 4.23. The molecule has 6 nitrogen and oxygen atoms in total. The fourth-order valence-electron chi connectivity index (χ4n) is 2.60. The highest BCUT2D eigenvalue weighted by molar-refractivity contribution is 5.97. The lowest BCUT2D eigenvalue weighted by Crippen LogP contribution is -2.41. The van der Waals surface area contributed by atoms with Crippen LogP contribution in [0.25, 0.3) is 11.0 Å². The zero-order valence-corrected chi connectivity index (χ0v) is 15.2. The quantitative estimate of drug-likeness (QED) is 0.772. The number of carbonyl (C=O) groups is 2. The van der Waals surface area contributed by atoms with E-state index < -0.39 is 11.7 Å². The topological polar surface area (TPSA) is 75.2 Å². The Labute approximate surface area is 152 Å². The second kappa shape index (κ2) is 8.51. The van der Waals surface area contributed by atoms with Gasteiger partial charge in [-0.25, -0.2) is 4.39 Å². The van der Waals surface area contributed by atoms with Crippen molar-refractivity contribution in [3.05, 3.63) is 48.6 Å². The van der Waals surface area contributed by atoms with Gasteiger partial charge in [-0.1, -0.05) is 20.4 Å². The number of amides is 2. The molecule has 1 aromatic heterocycles. The van der Waals surface area contributed by atoms with Crippen LogP contribution in [0.2, 0.25) is 0 Å². The van der Waals surface area contributed by atoms with Gasteiger partial charge in [0.05, 0.1) is 16.6 Å². The normalized spacial score (nSPS) is 12.0. The predicted molar refractivity (Wildman–Crippen MR) is 98.0 cm³/mol. The molecule has 0 fully saturated rings. The van der Waals surface area contributed by atoms with Crippen molar-refractivity contribution in [1.82, 2.24) is 20.2 Å². The molecular formula is C19H23FN4O2. The van der Waals surface area contributed by atoms with E-state index in [1.54, 1.807) is 7.05 Å². The van der Waals surface area contributed by atoms with Crippen molar-refractivity contribution in [2.24, 2.45) is 5.92 Å². The van der Waals surface area contributed by atoms with Gasteiger partial charge in [-0.3, -0.25) is 19.6 Å². The summed E-state index contributed by atoms with van der Waals surface area (Å²) in [5.41, 5.74) is 0.817. The molecule has 26 heavy (non-hydrogen) atoms. The van der Waals surface area contributed by atoms with Crippen LogP contribution in [0, 0.1) is 11.7 Å². The van der Waals surface area contributed by atoms with Gasteiger partial charge in [0, 0.05) is 38.1 Å². The maximum absolute atomic E-state index is 14.3. The van der Waals surface area contributed by atoms with Gasteiger partial charge >= 0.3 is 0 Å². The third-order valence-electron chi connectivity index (χ3n) is 4.23. The van der Waals surface area contributed by atoms with Crippen LogP contribution in [0.5, 0.6) is 0 Å². The van der Waals surface area contributed by atoms with Crippen molar-refractivity contribution < 1.29 is 14.0 Å². The molecule has 0 spiro atoms. The van der Waals surface area contributed by atoms with E-state index in [1.807, 2.05) is 13.8 Å². The molecule has 2 amide bonds. The van der Waals surface area contributed by atoms with E-state index in [-0.39, 0.29) is 23.4 Å². The Hall–Kier alpha value is -2.83. The first-order valence-electron chi connectivity index (χ1n) is 8.42. The van der Waals surface area contributed by atoms with Gasteiger partial charge < -0.3 is 10.2 Å². The number of hydrogen-bond acceptors (Lipinski definition) is 4. The molecule has 1 N–H and O–H groups in total. The number of fused-ring (bicyclic) bond motifs is 1. The molecule has 0 aliphatic rings. The van der Waals surface area contributed by atoms with Crippen LogP contribution in [0.1, 0.15) is 30.6 Å². The summed E-state index contributed by atoms with van der Waals surface area (Å²) in [5.74, 6) is -1.13. The van der Waals surface area contributed by atoms with Crippen molar-refractivity contribution in [2.75, 3.05) is 13.6 Å². The second-order valence-corrected chi connectivity index (χ2v) is 6.46. The number of halogens is 1. The summed E-state index contributed by atoms with van der Waals surface area (Å²) in [6.45, 7) is 7.78. The molecule has 0 aliphatic carbocycles. The Morgan fingerprint density at radius 2 is 1.88 bits per heavy atom. The Kier molecular flexibility index (Phi) is 6.38. The number of nitrogens with zero attached hydrogens (tertiary/aromatic N) is 3. The lowest BCUT2D eigenvalue weighted by molar-refractivity contribution is -0.117. The van der Waals surface area contributed by atoms with Crippen molar-refractivity contribution in [3.8, 4) is 0 Å². The summed E-state index contributed by atoms with van der Waals surface area (Å²) in [6, 6.07) is 2.52. The van der Waals surface area contributed by atoms with Gasteiger partial charge in [0.1, 0.15) is 5.82 Å². The third kappa shape index (κ3) is 4.62. The summed E-state index contributed by atoms with van der Waals surface area (Å²) in [5, 5.41) is 2.85. The first-order valence-corrected chi connectivity index (χ1v) is 8.42. The fraction of sp³-hybridized carbons (Fsp3) is 0.368. The van der Waals surface area contributed by atoms with Crippen LogP contribution < -0.4 is 5.32 Å². The fourth-order valence-corrected chi connectivity index (χ4v) is 2.60. The summed E-state index contributed by atoms with van der Waals surface area (Å²) in [7, 11) is 1.61. The SMILES string of the molecule is C=CC(=O)NC(CCN(C)C(=O)c1cc2nccnc2cc1F)C(C)C. The first-order chi connectivity index (χ1) is 12.3. The highest BCUT2D eigenvalue weighted by Gasteiger charge is 2.20. The van der Waals surface area contributed by atoms with Crippen LogP contribution in [-0.2, 0) is 4.79 Å². The number of carbonyl (C=O) groups excluding carboxylic acids is 2. The Balaban J connectivity index is 2.10. The van der Waals surface area contributed by atoms with E-state index in [9.17, 15) is 14.0 Å². The lowest BCUT2D eigenvalue weighted by atomic mass is 10.0. The second-order valence-electron chi connectivity index (χ2n) is 6.46. The van der Waals surface area contributed by atoms with E-state index >= 15 is 0 Å². The minimum absolute atomic E-state index is 0.0447. The predicted octanol–water partition coefficient (Wildman–Crippen LogP) is 2.56. The molecule has 1 aromatic carbocycles. The number of hydrogen-bond donors (Lipinski definition) is 1. The van der Waals surface area contributed by atoms with E-state index in [1.165, 1.54) is 35.5 Å². The van der Waals surface area contributed by atoms with Gasteiger partial charge in [0.2, 0.25) is 5.91 Å². The number of rotatable bonds is 7. The molecule has 0 saturated heterocycles. The minimum Gasteiger partial charge on any atom is -0.350 e. The minimum atomic E-state index is -0.629. The Morgan fingerprint density at radius 3 is 2.46 bits per heavy atom. The smallest absolute Gasteiger partial charge is 0.256 e. The molecular weight excluding hydrogens is 335 g/mol. The van der Waals surface area contributed by atoms with Crippen LogP contribution in [0.3, 0.4) is 0 Å². The molecule has 1 heterocycles. The van der Waals surface area contributed by atoms with Crippen molar-refractivity contribution in [1.29, 1.82) is 0 Å². The van der Waals surface area contributed by atoms with Crippen LogP contribution in [0.15, 0.2) is 37.2 Å². The Bertz CT molecular complexity index is 822. The summed E-state index contributed by atoms with van der Waals surface area (Å²) < 4.78 is 14.3. The number of benzene rings is 1. The van der Waals surface area contributed by atoms with E-state index in [2.05, 4.69) is 21.9 Å². The van der Waals surface area contributed by atoms with Crippen LogP contribution in [-0.4, -0.2) is 46.3 Å². The van der Waals surface area contributed by atoms with Crippen molar-refractivity contribution >= 4 is 22.8 Å². The monoisotopic (exact) mass is 358 g/mol. The molecule has 138 valence electrons. The Morgan fingerprint density at radius 1 is 1.27 bits per heavy atom. The molecule has 1 unspecified atom stereocenters. The van der Waals surface area contributed by atoms with Gasteiger partial charge in [-0.2, -0.15) is 0 Å². The van der Waals surface area contributed by atoms with Gasteiger partial charge in [0.15, 0.2) is 0 Å². The average Bonchev–Trinajstić information content (AvgIpc) is 2.63. The van der Waals surface area contributed by atoms with Crippen LogP contribution >= 0.6 is 0 Å². The molecule has 2 aromatic rings. The summed E-state index contributed by atoms with van der Waals surface area (Å²) in [4.78, 5) is 33.7. The molecule has 0 aliphatic heterocycles. The highest BCUT2D eigenvalue weighted by atomic mass is 19.1. The van der Waals surface area contributed by atoms with Crippen LogP contribution in [0.4, 0.5) is 4.39 Å². The number of aromatic nitrogens is 2. The van der Waals surface area contributed by atoms with Crippen molar-refractivity contribution in [2.45, 2.75) is 26.3 Å². The molecule has 0 bridgehead atoms. The van der Waals surface area contributed by atoms with E-state index in [4.69, 9.17) is 0 Å². The summed E-state index contributed by atoms with van der Waals surface area (Å²) in [6.07, 6.45) is 4.73. The zero-order chi connectivity index (χ0) is 19.3. The number of nitrogens with one attached hydrogen (secondary N) is 1. The van der Waals surface area contributed by atoms with Gasteiger partial charge in [0.25, 0.3) is 5.91 Å². The molecule has 7 heteroatoms. The largest absolute Gasteiger partial charge is 0.350 e. The molecule has 0 saturated carbocycles. The first kappa shape index (κ1) is 19.5. The average molecular weight is 358 g/mol. The lowest BCUT2D eigenvalue weighted by Gasteiger charge is -2.25. The standard InChI is InChI=1S/C19H23FN4O2/c1-5-18(25)23-15(12(2)3)6-9-24(4)19(26)13-10-16-17(11-14(13)20)22-8-7-21-16/h5,7-8,10-12,15H,1,6,9H2,2-4H3,(H,23,25). The van der Waals surface area contributed by atoms with Gasteiger partial charge in [-0.15, -0.1) is 0 Å². The van der Waals surface area contributed by atoms with E-state index in [0.29, 0.717) is 24.0 Å². The van der Waals surface area contributed by atoms with E-state index in [0.717, 1.165) is 0 Å².